The zero-order valence-electron chi connectivity index (χ0n) is 12.3. The maximum atomic E-state index is 4.63. The van der Waals surface area contributed by atoms with E-state index in [0.29, 0.717) is 11.3 Å². The molecule has 0 aromatic heterocycles. The molecule has 2 nitrogen and oxygen atoms in total. The molecule has 1 aromatic carbocycles. The minimum absolute atomic E-state index is 0.324. The normalized spacial score (nSPS) is 20.5. The summed E-state index contributed by atoms with van der Waals surface area (Å²) in [5.74, 6) is 0.751. The van der Waals surface area contributed by atoms with E-state index in [0.717, 1.165) is 17.6 Å². The number of benzene rings is 1. The highest BCUT2D eigenvalue weighted by Crippen LogP contribution is 2.27. The third-order valence-corrected chi connectivity index (χ3v) is 4.59. The van der Waals surface area contributed by atoms with E-state index < -0.39 is 0 Å². The predicted molar refractivity (Wildman–Crippen MR) is 85.9 cm³/mol. The van der Waals surface area contributed by atoms with Gasteiger partial charge in [0.2, 0.25) is 0 Å². The second-order valence-corrected chi connectivity index (χ2v) is 7.03. The summed E-state index contributed by atoms with van der Waals surface area (Å²) in [5.41, 5.74) is 2.70. The minimum Gasteiger partial charge on any atom is -0.358 e. The van der Waals surface area contributed by atoms with Gasteiger partial charge in [0.15, 0.2) is 5.17 Å². The van der Waals surface area contributed by atoms with E-state index in [1.165, 1.54) is 17.5 Å². The van der Waals surface area contributed by atoms with Crippen LogP contribution in [0.2, 0.25) is 0 Å². The van der Waals surface area contributed by atoms with Crippen molar-refractivity contribution in [1.29, 1.82) is 0 Å². The zero-order valence-corrected chi connectivity index (χ0v) is 13.1. The molecular formula is C16H24N2S. The largest absolute Gasteiger partial charge is 0.358 e. The monoisotopic (exact) mass is 276 g/mol. The lowest BCUT2D eigenvalue weighted by molar-refractivity contribution is 0.575. The van der Waals surface area contributed by atoms with Crippen LogP contribution < -0.4 is 5.32 Å². The Morgan fingerprint density at radius 2 is 2.05 bits per heavy atom. The molecular weight excluding hydrogens is 252 g/mol. The molecule has 1 N–H and O–H groups in total. The summed E-state index contributed by atoms with van der Waals surface area (Å²) in [5, 5.41) is 5.32. The Morgan fingerprint density at radius 3 is 2.74 bits per heavy atom. The number of hydrogen-bond donors (Lipinski definition) is 1. The van der Waals surface area contributed by atoms with Gasteiger partial charge < -0.3 is 5.32 Å². The van der Waals surface area contributed by atoms with Crippen LogP contribution in [0.3, 0.4) is 0 Å². The van der Waals surface area contributed by atoms with Crippen LogP contribution in [-0.2, 0) is 0 Å². The summed E-state index contributed by atoms with van der Waals surface area (Å²) < 4.78 is 0. The molecule has 3 heteroatoms. The lowest BCUT2D eigenvalue weighted by atomic mass is 10.0. The molecule has 0 bridgehead atoms. The van der Waals surface area contributed by atoms with Gasteiger partial charge >= 0.3 is 0 Å². The summed E-state index contributed by atoms with van der Waals surface area (Å²) in [6, 6.07) is 8.88. The van der Waals surface area contributed by atoms with Crippen LogP contribution in [0.4, 0.5) is 0 Å². The molecule has 1 aromatic rings. The van der Waals surface area contributed by atoms with Gasteiger partial charge in [-0.3, -0.25) is 4.99 Å². The highest BCUT2D eigenvalue weighted by Gasteiger charge is 2.22. The van der Waals surface area contributed by atoms with Gasteiger partial charge in [-0.2, -0.15) is 0 Å². The lowest BCUT2D eigenvalue weighted by Gasteiger charge is -2.18. The fourth-order valence-electron chi connectivity index (χ4n) is 2.48. The third-order valence-electron chi connectivity index (χ3n) is 3.45. The van der Waals surface area contributed by atoms with Crippen molar-refractivity contribution in [2.75, 3.05) is 6.54 Å². The molecule has 0 amide bonds. The number of nitrogens with one attached hydrogen (secondary N) is 1. The SMILES string of the molecule is Cc1ccccc1C(C)NC1=NCC(CC(C)C)S1. The molecule has 104 valence electrons. The molecule has 0 saturated carbocycles. The lowest BCUT2D eigenvalue weighted by Crippen LogP contribution is -2.24. The summed E-state index contributed by atoms with van der Waals surface area (Å²) in [6.07, 6.45) is 1.25. The number of aliphatic imine (C=N–C) groups is 1. The van der Waals surface area contributed by atoms with Crippen LogP contribution in [0.25, 0.3) is 0 Å². The second-order valence-electron chi connectivity index (χ2n) is 5.74. The van der Waals surface area contributed by atoms with Crippen molar-refractivity contribution in [1.82, 2.24) is 5.32 Å². The van der Waals surface area contributed by atoms with Crippen molar-refractivity contribution < 1.29 is 0 Å². The number of aryl methyl sites for hydroxylation is 1. The first-order valence-corrected chi connectivity index (χ1v) is 7.97. The first-order valence-electron chi connectivity index (χ1n) is 7.09. The van der Waals surface area contributed by atoms with Gasteiger partial charge in [-0.05, 0) is 37.3 Å². The van der Waals surface area contributed by atoms with Gasteiger partial charge in [0.25, 0.3) is 0 Å². The maximum Gasteiger partial charge on any atom is 0.157 e. The van der Waals surface area contributed by atoms with Crippen LogP contribution in [0.15, 0.2) is 29.3 Å². The van der Waals surface area contributed by atoms with Crippen molar-refractivity contribution in [3.63, 3.8) is 0 Å². The van der Waals surface area contributed by atoms with Gasteiger partial charge in [-0.1, -0.05) is 49.9 Å². The van der Waals surface area contributed by atoms with Crippen molar-refractivity contribution in [2.45, 2.75) is 45.4 Å². The smallest absolute Gasteiger partial charge is 0.157 e. The molecule has 2 unspecified atom stereocenters. The quantitative estimate of drug-likeness (QED) is 0.893. The molecule has 2 rings (SSSR count). The molecule has 0 fully saturated rings. The summed E-state index contributed by atoms with van der Waals surface area (Å²) in [4.78, 5) is 4.63. The van der Waals surface area contributed by atoms with Crippen LogP contribution >= 0.6 is 11.8 Å². The molecule has 1 heterocycles. The number of thioether (sulfide) groups is 1. The zero-order chi connectivity index (χ0) is 13.8. The van der Waals surface area contributed by atoms with Crippen molar-refractivity contribution in [3.8, 4) is 0 Å². The fourth-order valence-corrected chi connectivity index (χ4v) is 3.82. The minimum atomic E-state index is 0.324. The highest BCUT2D eigenvalue weighted by molar-refractivity contribution is 8.14. The van der Waals surface area contributed by atoms with Gasteiger partial charge in [-0.15, -0.1) is 0 Å². The first kappa shape index (κ1) is 14.4. The van der Waals surface area contributed by atoms with Gasteiger partial charge in [0.1, 0.15) is 0 Å². The van der Waals surface area contributed by atoms with Crippen LogP contribution in [0.1, 0.15) is 44.4 Å². The van der Waals surface area contributed by atoms with Crippen LogP contribution in [-0.4, -0.2) is 17.0 Å². The second kappa shape index (κ2) is 6.47. The number of hydrogen-bond acceptors (Lipinski definition) is 3. The van der Waals surface area contributed by atoms with E-state index in [9.17, 15) is 0 Å². The fraction of sp³-hybridized carbons (Fsp3) is 0.562. The van der Waals surface area contributed by atoms with Crippen molar-refractivity contribution >= 4 is 16.9 Å². The molecule has 19 heavy (non-hydrogen) atoms. The third kappa shape index (κ3) is 4.00. The van der Waals surface area contributed by atoms with Crippen LogP contribution in [0.5, 0.6) is 0 Å². The van der Waals surface area contributed by atoms with E-state index in [2.05, 4.69) is 62.3 Å². The Balaban J connectivity index is 1.91. The first-order chi connectivity index (χ1) is 9.06. The topological polar surface area (TPSA) is 24.4 Å². The van der Waals surface area contributed by atoms with E-state index in [1.807, 2.05) is 11.8 Å². The average molecular weight is 276 g/mol. The molecule has 0 aliphatic carbocycles. The Morgan fingerprint density at radius 1 is 1.32 bits per heavy atom. The maximum absolute atomic E-state index is 4.63. The summed E-state index contributed by atoms with van der Waals surface area (Å²) >= 11 is 1.91. The molecule has 2 atom stereocenters. The molecule has 1 aliphatic heterocycles. The van der Waals surface area contributed by atoms with Gasteiger partial charge in [-0.25, -0.2) is 0 Å². The van der Waals surface area contributed by atoms with Gasteiger partial charge in [0, 0.05) is 5.25 Å². The Kier molecular flexibility index (Phi) is 4.92. The van der Waals surface area contributed by atoms with Gasteiger partial charge in [0.05, 0.1) is 12.6 Å². The summed E-state index contributed by atoms with van der Waals surface area (Å²) in [6.45, 7) is 9.90. The molecule has 0 radical (unpaired) electrons. The number of rotatable bonds is 4. The standard InChI is InChI=1S/C16H24N2S/c1-11(2)9-14-10-17-16(19-14)18-13(4)15-8-6-5-7-12(15)3/h5-8,11,13-14H,9-10H2,1-4H3,(H,17,18). The predicted octanol–water partition coefficient (Wildman–Crippen LogP) is 4.16. The van der Waals surface area contributed by atoms with Crippen molar-refractivity contribution in [3.05, 3.63) is 35.4 Å². The van der Waals surface area contributed by atoms with Crippen LogP contribution in [0, 0.1) is 12.8 Å². The van der Waals surface area contributed by atoms with E-state index in [-0.39, 0.29) is 0 Å². The molecule has 1 aliphatic rings. The van der Waals surface area contributed by atoms with E-state index in [1.54, 1.807) is 0 Å². The molecule has 0 saturated heterocycles. The highest BCUT2D eigenvalue weighted by atomic mass is 32.2. The van der Waals surface area contributed by atoms with E-state index in [4.69, 9.17) is 0 Å². The molecule has 0 spiro atoms. The Labute approximate surface area is 121 Å². The van der Waals surface area contributed by atoms with Crippen molar-refractivity contribution in [2.24, 2.45) is 10.9 Å². The average Bonchev–Trinajstić information content (AvgIpc) is 2.76. The Hall–Kier alpha value is -0.960. The summed E-state index contributed by atoms with van der Waals surface area (Å²) in [7, 11) is 0. The van der Waals surface area contributed by atoms with E-state index >= 15 is 0 Å². The number of nitrogens with zero attached hydrogens (tertiary/aromatic N) is 1. The Bertz CT molecular complexity index is 454. The number of amidine groups is 1.